The van der Waals surface area contributed by atoms with Crippen LogP contribution in [0.4, 0.5) is 11.5 Å². The quantitative estimate of drug-likeness (QED) is 0.292. The van der Waals surface area contributed by atoms with Crippen LogP contribution in [-0.2, 0) is 27.5 Å². The van der Waals surface area contributed by atoms with Gasteiger partial charge in [0.1, 0.15) is 24.2 Å². The second-order valence-electron chi connectivity index (χ2n) is 9.68. The van der Waals surface area contributed by atoms with E-state index in [1.807, 2.05) is 66.9 Å². The Labute approximate surface area is 226 Å². The molecule has 1 fully saturated rings. The van der Waals surface area contributed by atoms with Gasteiger partial charge >= 0.3 is 11.9 Å². The summed E-state index contributed by atoms with van der Waals surface area (Å²) in [4.78, 5) is 31.3. The zero-order valence-corrected chi connectivity index (χ0v) is 21.7. The summed E-state index contributed by atoms with van der Waals surface area (Å²) in [6.07, 6.45) is 4.04. The number of ether oxygens (including phenoxy) is 2. The van der Waals surface area contributed by atoms with Crippen molar-refractivity contribution in [2.45, 2.75) is 26.0 Å². The number of aromatic nitrogens is 3. The van der Waals surface area contributed by atoms with Crippen molar-refractivity contribution in [1.82, 2.24) is 19.5 Å². The Bertz CT molecular complexity index is 1440. The summed E-state index contributed by atoms with van der Waals surface area (Å²) in [5, 5.41) is 17.7. The zero-order valence-electron chi connectivity index (χ0n) is 21.7. The number of hydrogen-bond acceptors (Lipinski definition) is 8. The van der Waals surface area contributed by atoms with E-state index in [1.165, 1.54) is 6.33 Å². The largest absolute Gasteiger partial charge is 0.497 e. The molecular weight excluding hydrogens is 498 g/mol. The van der Waals surface area contributed by atoms with E-state index in [0.29, 0.717) is 31.9 Å². The number of carbonyl (C=O) groups is 2. The lowest BCUT2D eigenvalue weighted by molar-refractivity contribution is -0.151. The van der Waals surface area contributed by atoms with Gasteiger partial charge in [0.2, 0.25) is 0 Å². The fourth-order valence-corrected chi connectivity index (χ4v) is 5.06. The molecule has 2 aromatic heterocycles. The van der Waals surface area contributed by atoms with Gasteiger partial charge in [0.05, 0.1) is 13.0 Å². The number of fused-ring (bicyclic) bond motifs is 1. The van der Waals surface area contributed by atoms with E-state index in [1.54, 1.807) is 11.6 Å². The van der Waals surface area contributed by atoms with Crippen LogP contribution >= 0.6 is 0 Å². The fraction of sp³-hybridized carbons (Fsp3) is 0.310. The molecule has 0 unspecified atom stereocenters. The number of esters is 1. The maximum atomic E-state index is 12.5. The van der Waals surface area contributed by atoms with Crippen molar-refractivity contribution in [3.05, 3.63) is 84.3 Å². The normalized spacial score (nSPS) is 17.6. The average Bonchev–Trinajstić information content (AvgIpc) is 3.37. The van der Waals surface area contributed by atoms with Crippen LogP contribution in [0.2, 0.25) is 0 Å². The van der Waals surface area contributed by atoms with Crippen molar-refractivity contribution < 1.29 is 24.2 Å². The van der Waals surface area contributed by atoms with Crippen molar-refractivity contribution in [3.63, 3.8) is 0 Å². The molecule has 1 saturated heterocycles. The van der Waals surface area contributed by atoms with E-state index in [0.717, 1.165) is 28.1 Å². The predicted octanol–water partition coefficient (Wildman–Crippen LogP) is 4.14. The number of aliphatic carboxylic acids is 1. The van der Waals surface area contributed by atoms with Gasteiger partial charge in [-0.2, -0.15) is 5.10 Å². The third-order valence-corrected chi connectivity index (χ3v) is 7.09. The Morgan fingerprint density at radius 1 is 1.13 bits per heavy atom. The topological polar surface area (TPSA) is 118 Å². The van der Waals surface area contributed by atoms with E-state index in [4.69, 9.17) is 9.47 Å². The van der Waals surface area contributed by atoms with Gasteiger partial charge in [0.15, 0.2) is 5.82 Å². The summed E-state index contributed by atoms with van der Waals surface area (Å²) < 4.78 is 12.5. The molecule has 5 rings (SSSR count). The number of carbonyl (C=O) groups excluding carboxylic acids is 1. The fourth-order valence-electron chi connectivity index (χ4n) is 5.06. The van der Waals surface area contributed by atoms with Gasteiger partial charge in [-0.25, -0.2) is 9.50 Å². The summed E-state index contributed by atoms with van der Waals surface area (Å²) >= 11 is 0. The minimum atomic E-state index is -0.897. The lowest BCUT2D eigenvalue weighted by atomic mass is 9.83. The highest BCUT2D eigenvalue weighted by Gasteiger charge is 2.36. The van der Waals surface area contributed by atoms with E-state index in [9.17, 15) is 14.7 Å². The molecule has 0 bridgehead atoms. The van der Waals surface area contributed by atoms with Crippen LogP contribution in [0.25, 0.3) is 5.52 Å². The number of piperidine rings is 1. The first-order valence-corrected chi connectivity index (χ1v) is 12.9. The van der Waals surface area contributed by atoms with E-state index in [-0.39, 0.29) is 24.9 Å². The van der Waals surface area contributed by atoms with E-state index >= 15 is 0 Å². The molecule has 39 heavy (non-hydrogen) atoms. The first kappa shape index (κ1) is 26.2. The number of nitrogens with zero attached hydrogens (tertiary/aromatic N) is 4. The number of benzene rings is 2. The molecule has 4 aromatic rings. The van der Waals surface area contributed by atoms with Crippen LogP contribution in [-0.4, -0.2) is 56.7 Å². The van der Waals surface area contributed by atoms with Gasteiger partial charge in [-0.15, -0.1) is 0 Å². The molecule has 2 atom stereocenters. The first-order valence-electron chi connectivity index (χ1n) is 12.9. The summed E-state index contributed by atoms with van der Waals surface area (Å²) in [7, 11) is 1.62. The molecule has 0 aliphatic carbocycles. The van der Waals surface area contributed by atoms with Crippen LogP contribution in [0, 0.1) is 11.8 Å². The van der Waals surface area contributed by atoms with E-state index < -0.39 is 11.9 Å². The highest BCUT2D eigenvalue weighted by atomic mass is 16.5. The number of carboxylic acids is 1. The summed E-state index contributed by atoms with van der Waals surface area (Å²) in [6, 6.07) is 19.0. The molecule has 0 spiro atoms. The Hall–Kier alpha value is -4.44. The molecule has 0 saturated carbocycles. The summed E-state index contributed by atoms with van der Waals surface area (Å²) in [5.41, 5.74) is 3.53. The number of likely N-dealkylation sites (tertiary alicyclic amines) is 1. The molecule has 10 heteroatoms. The number of hydrogen-bond donors (Lipinski definition) is 2. The van der Waals surface area contributed by atoms with Crippen molar-refractivity contribution in [1.29, 1.82) is 0 Å². The number of nitrogens with one attached hydrogen (secondary N) is 1. The average molecular weight is 530 g/mol. The molecule has 1 aliphatic heterocycles. The Kier molecular flexibility index (Phi) is 8.02. The number of anilines is 2. The second kappa shape index (κ2) is 12.0. The highest BCUT2D eigenvalue weighted by Crippen LogP contribution is 2.31. The van der Waals surface area contributed by atoms with Crippen LogP contribution in [0.5, 0.6) is 5.75 Å². The Morgan fingerprint density at radius 3 is 2.77 bits per heavy atom. The van der Waals surface area contributed by atoms with Crippen molar-refractivity contribution in [3.8, 4) is 5.75 Å². The van der Waals surface area contributed by atoms with Gasteiger partial charge in [-0.1, -0.05) is 36.4 Å². The van der Waals surface area contributed by atoms with Crippen LogP contribution < -0.4 is 10.1 Å². The summed E-state index contributed by atoms with van der Waals surface area (Å²) in [5.74, 6) is -0.835. The third kappa shape index (κ3) is 6.35. The monoisotopic (exact) mass is 529 g/mol. The molecule has 10 nitrogen and oxygen atoms in total. The predicted molar refractivity (Wildman–Crippen MR) is 145 cm³/mol. The smallest absolute Gasteiger partial charge is 0.308 e. The molecular formula is C29H31N5O5. The summed E-state index contributed by atoms with van der Waals surface area (Å²) in [6.45, 7) is 1.73. The lowest BCUT2D eigenvalue weighted by Crippen LogP contribution is -2.44. The second-order valence-corrected chi connectivity index (χ2v) is 9.68. The molecule has 2 N–H and O–H groups in total. The molecule has 0 radical (unpaired) electrons. The molecule has 1 aliphatic rings. The number of methoxy groups -OCH3 is 1. The Morgan fingerprint density at radius 2 is 1.97 bits per heavy atom. The first-order chi connectivity index (χ1) is 19.0. The molecule has 3 heterocycles. The van der Waals surface area contributed by atoms with Crippen LogP contribution in [0.3, 0.4) is 0 Å². The Balaban J connectivity index is 1.25. The molecule has 202 valence electrons. The number of rotatable bonds is 10. The number of carboxylic acid groups (broad SMARTS) is 1. The zero-order chi connectivity index (χ0) is 27.2. The molecule has 2 aromatic carbocycles. The van der Waals surface area contributed by atoms with Gasteiger partial charge in [-0.05, 0) is 48.2 Å². The minimum Gasteiger partial charge on any atom is -0.497 e. The van der Waals surface area contributed by atoms with Gasteiger partial charge in [0, 0.05) is 37.5 Å². The van der Waals surface area contributed by atoms with Crippen molar-refractivity contribution >= 4 is 29.0 Å². The van der Waals surface area contributed by atoms with Gasteiger partial charge in [0.25, 0.3) is 0 Å². The maximum Gasteiger partial charge on any atom is 0.308 e. The van der Waals surface area contributed by atoms with E-state index in [2.05, 4.69) is 20.3 Å². The standard InChI is InChI=1S/C29H31N5O5/c1-38-24-9-5-8-23(15-24)32-28-27-22(11-13-34(27)31-19-30-28)16-33-12-10-21(25(17-33)29(36)37)14-26(35)39-18-20-6-3-2-4-7-20/h2-9,11,13,15,19,21,25H,10,12,14,16-18H2,1H3,(H,36,37)(H,30,31,32)/t21-,25+/m0/s1. The molecule has 0 amide bonds. The van der Waals surface area contributed by atoms with Crippen molar-refractivity contribution in [2.75, 3.05) is 25.5 Å². The highest BCUT2D eigenvalue weighted by molar-refractivity contribution is 5.77. The lowest BCUT2D eigenvalue weighted by Gasteiger charge is -2.36. The van der Waals surface area contributed by atoms with Crippen LogP contribution in [0.15, 0.2) is 73.2 Å². The SMILES string of the molecule is COc1cccc(Nc2ncnn3ccc(CN4CC[C@@H](CC(=O)OCc5ccccc5)[C@H](C(=O)O)C4)c23)c1. The van der Waals surface area contributed by atoms with Crippen LogP contribution in [0.1, 0.15) is 24.0 Å². The third-order valence-electron chi connectivity index (χ3n) is 7.09. The van der Waals surface area contributed by atoms with Gasteiger partial charge in [-0.3, -0.25) is 14.5 Å². The van der Waals surface area contributed by atoms with Gasteiger partial charge < -0.3 is 19.9 Å². The van der Waals surface area contributed by atoms with Crippen molar-refractivity contribution in [2.24, 2.45) is 11.8 Å². The maximum absolute atomic E-state index is 12.5. The minimum absolute atomic E-state index is 0.0925.